The van der Waals surface area contributed by atoms with Crippen molar-refractivity contribution < 1.29 is 23.8 Å². The Balaban J connectivity index is 1.56. The molecule has 1 unspecified atom stereocenters. The molecule has 1 saturated carbocycles. The number of likely N-dealkylation sites (N-methyl/N-ethyl adjacent to an activating group) is 1. The van der Waals surface area contributed by atoms with Gasteiger partial charge in [0.05, 0.1) is 18.8 Å². The Kier molecular flexibility index (Phi) is 10.1. The van der Waals surface area contributed by atoms with Gasteiger partial charge in [0.25, 0.3) is 0 Å². The molecule has 0 aromatic heterocycles. The largest absolute Gasteiger partial charge is 0.491 e. The number of halogens is 1. The predicted molar refractivity (Wildman–Crippen MR) is 156 cm³/mol. The van der Waals surface area contributed by atoms with Crippen LogP contribution in [-0.4, -0.2) is 66.0 Å². The van der Waals surface area contributed by atoms with Crippen molar-refractivity contribution in [1.29, 1.82) is 0 Å². The van der Waals surface area contributed by atoms with Gasteiger partial charge in [0.1, 0.15) is 6.04 Å². The molecule has 2 aliphatic heterocycles. The van der Waals surface area contributed by atoms with Crippen molar-refractivity contribution in [2.75, 3.05) is 26.0 Å². The van der Waals surface area contributed by atoms with Crippen LogP contribution in [0.3, 0.4) is 0 Å². The number of carbonyl (C=O) groups is 2. The van der Waals surface area contributed by atoms with Crippen LogP contribution >= 0.6 is 12.6 Å². The van der Waals surface area contributed by atoms with E-state index in [-0.39, 0.29) is 49.1 Å². The van der Waals surface area contributed by atoms with Gasteiger partial charge in [0, 0.05) is 31.1 Å². The molecule has 2 heterocycles. The lowest BCUT2D eigenvalue weighted by molar-refractivity contribution is -0.139. The summed E-state index contributed by atoms with van der Waals surface area (Å²) in [6.45, 7) is 0.480. The van der Waals surface area contributed by atoms with Gasteiger partial charge in [-0.2, -0.15) is 12.6 Å². The van der Waals surface area contributed by atoms with E-state index in [2.05, 4.69) is 29.2 Å². The molecule has 3 atom stereocenters. The van der Waals surface area contributed by atoms with Gasteiger partial charge in [-0.3, -0.25) is 9.59 Å². The van der Waals surface area contributed by atoms with Gasteiger partial charge in [-0.25, -0.2) is 4.39 Å². The smallest absolute Gasteiger partial charge is 0.243 e. The number of hydrogen-bond acceptors (Lipinski definition) is 6. The molecule has 3 aliphatic rings. The minimum Gasteiger partial charge on any atom is -0.491 e. The van der Waals surface area contributed by atoms with Gasteiger partial charge in [-0.1, -0.05) is 24.1 Å². The highest BCUT2D eigenvalue weighted by molar-refractivity contribution is 7.80. The molecule has 0 radical (unpaired) electrons. The fraction of sp³-hybridized carbons (Fsp3) is 0.484. The van der Waals surface area contributed by atoms with E-state index in [9.17, 15) is 19.1 Å². The highest BCUT2D eigenvalue weighted by Crippen LogP contribution is 2.45. The fourth-order valence-electron chi connectivity index (χ4n) is 5.18. The van der Waals surface area contributed by atoms with Gasteiger partial charge < -0.3 is 25.4 Å². The molecule has 1 fully saturated rings. The van der Waals surface area contributed by atoms with Gasteiger partial charge >= 0.3 is 0 Å². The number of amides is 2. The van der Waals surface area contributed by atoms with E-state index in [1.807, 2.05) is 24.3 Å². The molecule has 2 amide bonds. The lowest BCUT2D eigenvalue weighted by atomic mass is 9.98. The van der Waals surface area contributed by atoms with Crippen molar-refractivity contribution in [3.63, 3.8) is 0 Å². The molecule has 40 heavy (non-hydrogen) atoms. The highest BCUT2D eigenvalue weighted by atomic mass is 32.1. The van der Waals surface area contributed by atoms with Crippen LogP contribution in [0.1, 0.15) is 55.2 Å². The number of carbonyl (C=O) groups excluding carboxylic acids is 2. The Morgan fingerprint density at radius 3 is 2.77 bits per heavy atom. The summed E-state index contributed by atoms with van der Waals surface area (Å²) in [6.07, 6.45) is 8.32. The third-order valence-electron chi connectivity index (χ3n) is 7.83. The van der Waals surface area contributed by atoms with E-state index >= 15 is 0 Å². The number of terminal acetylenes is 1. The summed E-state index contributed by atoms with van der Waals surface area (Å²) in [5.74, 6) is 2.18. The monoisotopic (exact) mass is 567 g/mol. The maximum Gasteiger partial charge on any atom is 0.243 e. The average molecular weight is 568 g/mol. The second-order valence-electron chi connectivity index (χ2n) is 10.7. The number of benzene rings is 2. The zero-order valence-electron chi connectivity index (χ0n) is 22.9. The maximum absolute atomic E-state index is 14.8. The fourth-order valence-corrected chi connectivity index (χ4v) is 5.42. The molecule has 0 saturated heterocycles. The third kappa shape index (κ3) is 7.36. The summed E-state index contributed by atoms with van der Waals surface area (Å²) >= 11 is 4.31. The van der Waals surface area contributed by atoms with E-state index in [0.717, 1.165) is 24.0 Å². The highest BCUT2D eigenvalue weighted by Gasteiger charge is 2.44. The van der Waals surface area contributed by atoms with Gasteiger partial charge in [-0.05, 0) is 79.7 Å². The molecule has 5 rings (SSSR count). The van der Waals surface area contributed by atoms with Crippen molar-refractivity contribution in [2.45, 2.75) is 68.7 Å². The standard InChI is InChI=1S/C31H38FN3O4S/c1-3-21-7-6-8-23(17-21)31(13-14-31)33-20-27(36)25-19-22-10-11-28(24(32)18-22)39-15-5-4-9-29(37)35(2)26(12-16-40)30(38)34-25/h1,6-8,10-11,17-18,25-27,33,36,40H,4-5,9,12-16,19-20H2,2H3,(H,34,38)/t25-,26?,27+/m0/s1. The Hall–Kier alpha value is -3.06. The zero-order chi connectivity index (χ0) is 28.7. The number of aliphatic hydroxyl groups is 1. The molecule has 2 aromatic carbocycles. The second-order valence-corrected chi connectivity index (χ2v) is 11.1. The lowest BCUT2D eigenvalue weighted by Crippen LogP contribution is -2.55. The summed E-state index contributed by atoms with van der Waals surface area (Å²) in [5, 5.41) is 17.8. The first-order chi connectivity index (χ1) is 19.3. The topological polar surface area (TPSA) is 90.9 Å². The molecule has 1 aliphatic carbocycles. The van der Waals surface area contributed by atoms with Crippen molar-refractivity contribution in [3.8, 4) is 18.1 Å². The van der Waals surface area contributed by atoms with Crippen LogP contribution in [-0.2, 0) is 21.5 Å². The lowest BCUT2D eigenvalue weighted by Gasteiger charge is -2.32. The minimum absolute atomic E-state index is 0.140. The van der Waals surface area contributed by atoms with Gasteiger partial charge in [0.2, 0.25) is 11.8 Å². The molecular formula is C31H38FN3O4S. The van der Waals surface area contributed by atoms with Crippen LogP contribution in [0.25, 0.3) is 0 Å². The number of fused-ring (bicyclic) bond motifs is 13. The molecule has 2 aromatic rings. The first-order valence-corrected chi connectivity index (χ1v) is 14.5. The summed E-state index contributed by atoms with van der Waals surface area (Å²) in [4.78, 5) is 27.8. The van der Waals surface area contributed by atoms with E-state index in [0.29, 0.717) is 30.6 Å². The Labute approximate surface area is 241 Å². The summed E-state index contributed by atoms with van der Waals surface area (Å²) in [6, 6.07) is 11.0. The Morgan fingerprint density at radius 1 is 1.27 bits per heavy atom. The summed E-state index contributed by atoms with van der Waals surface area (Å²) < 4.78 is 20.4. The molecule has 2 bridgehead atoms. The number of rotatable bonds is 7. The van der Waals surface area contributed by atoms with Crippen molar-refractivity contribution >= 4 is 24.4 Å². The van der Waals surface area contributed by atoms with Crippen LogP contribution < -0.4 is 15.4 Å². The third-order valence-corrected chi connectivity index (χ3v) is 8.09. The zero-order valence-corrected chi connectivity index (χ0v) is 23.8. The Morgan fingerprint density at radius 2 is 2.08 bits per heavy atom. The van der Waals surface area contributed by atoms with Crippen LogP contribution in [0, 0.1) is 18.2 Å². The maximum atomic E-state index is 14.8. The number of thiol groups is 1. The van der Waals surface area contributed by atoms with Crippen LogP contribution in [0.5, 0.6) is 5.75 Å². The molecule has 7 nitrogen and oxygen atoms in total. The SMILES string of the molecule is C#Cc1cccc(C2(NC[C@@H](O)[C@@H]3Cc4ccc(c(F)c4)OCCCCC(=O)N(C)C(CCS)C(=O)N3)CC2)c1. The van der Waals surface area contributed by atoms with E-state index in [1.54, 1.807) is 19.2 Å². The average Bonchev–Trinajstić information content (AvgIpc) is 3.75. The number of hydrogen-bond donors (Lipinski definition) is 4. The summed E-state index contributed by atoms with van der Waals surface area (Å²) in [7, 11) is 1.62. The van der Waals surface area contributed by atoms with E-state index in [4.69, 9.17) is 11.2 Å². The van der Waals surface area contributed by atoms with Crippen molar-refractivity contribution in [2.24, 2.45) is 0 Å². The molecule has 0 spiro atoms. The number of nitrogens with one attached hydrogen (secondary N) is 2. The molecule has 9 heteroatoms. The Bertz CT molecular complexity index is 1250. The summed E-state index contributed by atoms with van der Waals surface area (Å²) in [5.41, 5.74) is 2.17. The molecule has 3 N–H and O–H groups in total. The first kappa shape index (κ1) is 29.9. The first-order valence-electron chi connectivity index (χ1n) is 13.8. The van der Waals surface area contributed by atoms with E-state index in [1.165, 1.54) is 11.0 Å². The minimum atomic E-state index is -0.993. The van der Waals surface area contributed by atoms with Crippen molar-refractivity contribution in [3.05, 3.63) is 65.0 Å². The molecule has 214 valence electrons. The van der Waals surface area contributed by atoms with Gasteiger partial charge in [-0.15, -0.1) is 6.42 Å². The predicted octanol–water partition coefficient (Wildman–Crippen LogP) is 3.18. The number of ether oxygens (including phenoxy) is 1. The quantitative estimate of drug-likeness (QED) is 0.305. The number of nitrogens with zero attached hydrogens (tertiary/aromatic N) is 1. The van der Waals surface area contributed by atoms with Crippen LogP contribution in [0.15, 0.2) is 42.5 Å². The van der Waals surface area contributed by atoms with Crippen molar-refractivity contribution in [1.82, 2.24) is 15.5 Å². The normalized spacial score (nSPS) is 22.2. The van der Waals surface area contributed by atoms with Gasteiger partial charge in [0.15, 0.2) is 11.6 Å². The number of aliphatic hydroxyl groups excluding tert-OH is 1. The second kappa shape index (κ2) is 13.5. The van der Waals surface area contributed by atoms with Crippen LogP contribution in [0.2, 0.25) is 0 Å². The van der Waals surface area contributed by atoms with Crippen LogP contribution in [0.4, 0.5) is 4.39 Å². The van der Waals surface area contributed by atoms with E-state index < -0.39 is 24.0 Å². The molecular weight excluding hydrogens is 529 g/mol.